The lowest BCUT2D eigenvalue weighted by molar-refractivity contribution is 0.0992. The van der Waals surface area contributed by atoms with Gasteiger partial charge in [-0.15, -0.1) is 0 Å². The number of aromatic nitrogens is 2. The average molecular weight is 436 g/mol. The van der Waals surface area contributed by atoms with Gasteiger partial charge in [0.15, 0.2) is 5.76 Å². The highest BCUT2D eigenvalue weighted by atomic mass is 35.5. The first kappa shape index (κ1) is 20.8. The van der Waals surface area contributed by atoms with E-state index in [4.69, 9.17) is 20.8 Å². The van der Waals surface area contributed by atoms with Crippen LogP contribution in [0.2, 0.25) is 5.02 Å². The van der Waals surface area contributed by atoms with E-state index in [1.54, 1.807) is 35.3 Å². The number of benzene rings is 2. The molecule has 0 aliphatic heterocycles. The SMILES string of the molecule is Cc1cccc(Cn2cc(NC(=O)c3ccc(COc4ccc(Cl)cc4C)o3)cn2)c1. The Morgan fingerprint density at radius 2 is 2.03 bits per heavy atom. The Morgan fingerprint density at radius 1 is 1.16 bits per heavy atom. The number of furan rings is 1. The minimum Gasteiger partial charge on any atom is -0.485 e. The van der Waals surface area contributed by atoms with Gasteiger partial charge >= 0.3 is 0 Å². The first-order chi connectivity index (χ1) is 15.0. The second-order valence-electron chi connectivity index (χ2n) is 7.33. The molecule has 1 amide bonds. The molecule has 0 atom stereocenters. The number of carbonyl (C=O) groups is 1. The van der Waals surface area contributed by atoms with Crippen molar-refractivity contribution in [1.29, 1.82) is 0 Å². The molecule has 0 aliphatic carbocycles. The number of hydrogen-bond acceptors (Lipinski definition) is 4. The van der Waals surface area contributed by atoms with Gasteiger partial charge in [0.05, 0.1) is 18.4 Å². The molecule has 0 unspecified atom stereocenters. The molecule has 0 bridgehead atoms. The molecule has 2 heterocycles. The van der Waals surface area contributed by atoms with Crippen molar-refractivity contribution in [2.24, 2.45) is 0 Å². The van der Waals surface area contributed by atoms with Crippen LogP contribution in [0.5, 0.6) is 5.75 Å². The van der Waals surface area contributed by atoms with E-state index >= 15 is 0 Å². The van der Waals surface area contributed by atoms with Crippen LogP contribution in [0.3, 0.4) is 0 Å². The van der Waals surface area contributed by atoms with Crippen LogP contribution in [0.4, 0.5) is 5.69 Å². The number of nitrogens with zero attached hydrogens (tertiary/aromatic N) is 2. The predicted molar refractivity (Wildman–Crippen MR) is 120 cm³/mol. The Balaban J connectivity index is 1.34. The Labute approximate surface area is 185 Å². The summed E-state index contributed by atoms with van der Waals surface area (Å²) in [7, 11) is 0. The summed E-state index contributed by atoms with van der Waals surface area (Å²) >= 11 is 5.96. The number of hydrogen-bond donors (Lipinski definition) is 1. The van der Waals surface area contributed by atoms with Crippen LogP contribution in [0.1, 0.15) is 33.0 Å². The van der Waals surface area contributed by atoms with Crippen molar-refractivity contribution in [3.05, 3.63) is 100 Å². The lowest BCUT2D eigenvalue weighted by Crippen LogP contribution is -2.10. The van der Waals surface area contributed by atoms with Crippen LogP contribution in [0.25, 0.3) is 0 Å². The third-order valence-corrected chi connectivity index (χ3v) is 4.95. The molecule has 158 valence electrons. The number of nitrogens with one attached hydrogen (secondary N) is 1. The highest BCUT2D eigenvalue weighted by Crippen LogP contribution is 2.23. The molecule has 0 radical (unpaired) electrons. The molecule has 0 fully saturated rings. The minimum atomic E-state index is -0.343. The summed E-state index contributed by atoms with van der Waals surface area (Å²) in [6, 6.07) is 17.0. The van der Waals surface area contributed by atoms with Gasteiger partial charge in [0.2, 0.25) is 0 Å². The van der Waals surface area contributed by atoms with Gasteiger partial charge in [0.1, 0.15) is 18.1 Å². The normalized spacial score (nSPS) is 10.8. The maximum Gasteiger partial charge on any atom is 0.291 e. The van der Waals surface area contributed by atoms with Crippen LogP contribution in [-0.4, -0.2) is 15.7 Å². The van der Waals surface area contributed by atoms with Crippen LogP contribution in [-0.2, 0) is 13.2 Å². The van der Waals surface area contributed by atoms with E-state index in [2.05, 4.69) is 29.5 Å². The summed E-state index contributed by atoms with van der Waals surface area (Å²) in [5.41, 5.74) is 3.87. The molecule has 6 nitrogen and oxygen atoms in total. The Morgan fingerprint density at radius 3 is 2.84 bits per heavy atom. The first-order valence-corrected chi connectivity index (χ1v) is 10.2. The largest absolute Gasteiger partial charge is 0.485 e. The zero-order valence-electron chi connectivity index (χ0n) is 17.3. The van der Waals surface area contributed by atoms with Gasteiger partial charge in [-0.3, -0.25) is 9.48 Å². The summed E-state index contributed by atoms with van der Waals surface area (Å²) < 4.78 is 13.2. The molecule has 4 rings (SSSR count). The number of aryl methyl sites for hydroxylation is 2. The minimum absolute atomic E-state index is 0.206. The molecule has 7 heteroatoms. The number of ether oxygens (including phenoxy) is 1. The van der Waals surface area contributed by atoms with Gasteiger partial charge in [-0.2, -0.15) is 5.10 Å². The quantitative estimate of drug-likeness (QED) is 0.408. The van der Waals surface area contributed by atoms with Crippen molar-refractivity contribution in [3.63, 3.8) is 0 Å². The summed E-state index contributed by atoms with van der Waals surface area (Å²) in [4.78, 5) is 12.5. The predicted octanol–water partition coefficient (Wildman–Crippen LogP) is 5.63. The van der Waals surface area contributed by atoms with Gasteiger partial charge in [0, 0.05) is 11.2 Å². The van der Waals surface area contributed by atoms with Gasteiger partial charge in [-0.05, 0) is 55.3 Å². The van der Waals surface area contributed by atoms with Crippen molar-refractivity contribution < 1.29 is 13.9 Å². The molecule has 0 aliphatic rings. The zero-order chi connectivity index (χ0) is 21.8. The topological polar surface area (TPSA) is 69.3 Å². The van der Waals surface area contributed by atoms with Gasteiger partial charge in [0.25, 0.3) is 5.91 Å². The second kappa shape index (κ2) is 9.10. The van der Waals surface area contributed by atoms with E-state index in [9.17, 15) is 4.79 Å². The first-order valence-electron chi connectivity index (χ1n) is 9.83. The summed E-state index contributed by atoms with van der Waals surface area (Å²) in [6.45, 7) is 4.81. The molecule has 0 spiro atoms. The summed E-state index contributed by atoms with van der Waals surface area (Å²) in [5.74, 6) is 1.13. The van der Waals surface area contributed by atoms with Crippen molar-refractivity contribution in [1.82, 2.24) is 9.78 Å². The van der Waals surface area contributed by atoms with Crippen molar-refractivity contribution >= 4 is 23.2 Å². The molecular weight excluding hydrogens is 414 g/mol. The van der Waals surface area contributed by atoms with Crippen molar-refractivity contribution in [2.75, 3.05) is 5.32 Å². The standard InChI is InChI=1S/C24H22ClN3O3/c1-16-4-3-5-18(10-16)13-28-14-20(12-26-28)27-24(29)23-9-7-21(31-23)15-30-22-8-6-19(25)11-17(22)2/h3-12,14H,13,15H2,1-2H3,(H,27,29). The molecule has 2 aromatic heterocycles. The number of carbonyl (C=O) groups excluding carboxylic acids is 1. The van der Waals surface area contributed by atoms with E-state index in [0.717, 1.165) is 11.1 Å². The summed E-state index contributed by atoms with van der Waals surface area (Å²) in [6.07, 6.45) is 3.40. The zero-order valence-corrected chi connectivity index (χ0v) is 18.0. The van der Waals surface area contributed by atoms with E-state index in [1.807, 2.05) is 31.2 Å². The van der Waals surface area contributed by atoms with Gasteiger partial charge < -0.3 is 14.5 Å². The van der Waals surface area contributed by atoms with Crippen LogP contribution < -0.4 is 10.1 Å². The maximum atomic E-state index is 12.5. The fourth-order valence-electron chi connectivity index (χ4n) is 3.21. The third kappa shape index (κ3) is 5.35. The number of anilines is 1. The van der Waals surface area contributed by atoms with Crippen molar-refractivity contribution in [3.8, 4) is 5.75 Å². The Hall–Kier alpha value is -3.51. The molecule has 1 N–H and O–H groups in total. The lowest BCUT2D eigenvalue weighted by Gasteiger charge is -2.07. The van der Waals surface area contributed by atoms with E-state index in [0.29, 0.717) is 28.8 Å². The molecule has 2 aromatic carbocycles. The van der Waals surface area contributed by atoms with E-state index < -0.39 is 0 Å². The van der Waals surface area contributed by atoms with Crippen LogP contribution in [0.15, 0.2) is 71.4 Å². The third-order valence-electron chi connectivity index (χ3n) is 4.71. The Bertz CT molecular complexity index is 1210. The number of amides is 1. The van der Waals surface area contributed by atoms with E-state index in [-0.39, 0.29) is 18.3 Å². The highest BCUT2D eigenvalue weighted by Gasteiger charge is 2.13. The molecule has 31 heavy (non-hydrogen) atoms. The molecule has 0 saturated carbocycles. The summed E-state index contributed by atoms with van der Waals surface area (Å²) in [5, 5.41) is 7.78. The Kier molecular flexibility index (Phi) is 6.09. The molecule has 0 saturated heterocycles. The fourth-order valence-corrected chi connectivity index (χ4v) is 3.43. The van der Waals surface area contributed by atoms with Gasteiger partial charge in [-0.1, -0.05) is 41.4 Å². The lowest BCUT2D eigenvalue weighted by atomic mass is 10.1. The van der Waals surface area contributed by atoms with Crippen LogP contribution >= 0.6 is 11.6 Å². The highest BCUT2D eigenvalue weighted by molar-refractivity contribution is 6.30. The number of rotatable bonds is 7. The van der Waals surface area contributed by atoms with E-state index in [1.165, 1.54) is 5.56 Å². The second-order valence-corrected chi connectivity index (χ2v) is 7.77. The maximum absolute atomic E-state index is 12.5. The molecule has 4 aromatic rings. The van der Waals surface area contributed by atoms with Gasteiger partial charge in [-0.25, -0.2) is 0 Å². The van der Waals surface area contributed by atoms with Crippen molar-refractivity contribution in [2.45, 2.75) is 27.0 Å². The monoisotopic (exact) mass is 435 g/mol. The van der Waals surface area contributed by atoms with Crippen LogP contribution in [0, 0.1) is 13.8 Å². The fraction of sp³-hybridized carbons (Fsp3) is 0.167. The smallest absolute Gasteiger partial charge is 0.291 e. The number of halogens is 1. The molecular formula is C24H22ClN3O3. The average Bonchev–Trinajstić information content (AvgIpc) is 3.37.